The van der Waals surface area contributed by atoms with Gasteiger partial charge in [0.05, 0.1) is 16.4 Å². The molecule has 2 rings (SSSR count). The minimum absolute atomic E-state index is 0.0439. The van der Waals surface area contributed by atoms with Crippen LogP contribution >= 0.6 is 22.9 Å². The molecule has 0 saturated carbocycles. The lowest BCUT2D eigenvalue weighted by Crippen LogP contribution is -2.09. The van der Waals surface area contributed by atoms with E-state index in [1.807, 2.05) is 0 Å². The molecule has 0 saturated heterocycles. The first-order valence-electron chi connectivity index (χ1n) is 5.95. The van der Waals surface area contributed by atoms with Crippen LogP contribution in [0, 0.1) is 11.8 Å². The number of nitrogens with one attached hydrogen (secondary N) is 1. The molecule has 5 heteroatoms. The molecule has 1 aromatic heterocycles. The zero-order chi connectivity index (χ0) is 14.4. The molecule has 0 radical (unpaired) electrons. The molecule has 1 amide bonds. The van der Waals surface area contributed by atoms with Gasteiger partial charge < -0.3 is 10.4 Å². The van der Waals surface area contributed by atoms with Crippen molar-refractivity contribution in [3.63, 3.8) is 0 Å². The molecule has 1 heterocycles. The maximum Gasteiger partial charge on any atom is 0.265 e. The number of aliphatic hydroxyl groups excluding tert-OH is 1. The van der Waals surface area contributed by atoms with Gasteiger partial charge in [0.2, 0.25) is 0 Å². The van der Waals surface area contributed by atoms with Crippen LogP contribution in [0.25, 0.3) is 0 Å². The largest absolute Gasteiger partial charge is 0.395 e. The first-order valence-corrected chi connectivity index (χ1v) is 7.15. The SMILES string of the molecule is O=C(Nc1ccc(Cl)cc1)c1ccc(C#CCCO)s1. The van der Waals surface area contributed by atoms with Crippen LogP contribution < -0.4 is 5.32 Å². The summed E-state index contributed by atoms with van der Waals surface area (Å²) in [5, 5.41) is 12.1. The molecule has 2 N–H and O–H groups in total. The van der Waals surface area contributed by atoms with Crippen molar-refractivity contribution in [1.82, 2.24) is 0 Å². The Morgan fingerprint density at radius 2 is 2.00 bits per heavy atom. The van der Waals surface area contributed by atoms with E-state index in [9.17, 15) is 4.79 Å². The van der Waals surface area contributed by atoms with Gasteiger partial charge >= 0.3 is 0 Å². The second-order valence-corrected chi connectivity index (χ2v) is 5.42. The zero-order valence-electron chi connectivity index (χ0n) is 10.5. The Balaban J connectivity index is 2.03. The number of anilines is 1. The van der Waals surface area contributed by atoms with E-state index in [2.05, 4.69) is 17.2 Å². The Morgan fingerprint density at radius 3 is 2.70 bits per heavy atom. The summed E-state index contributed by atoms with van der Waals surface area (Å²) in [6.45, 7) is 0.0439. The molecule has 0 aliphatic carbocycles. The van der Waals surface area contributed by atoms with Gasteiger partial charge in [0, 0.05) is 17.1 Å². The second-order valence-electron chi connectivity index (χ2n) is 3.90. The maximum absolute atomic E-state index is 12.0. The van der Waals surface area contributed by atoms with Crippen molar-refractivity contribution in [2.75, 3.05) is 11.9 Å². The Bertz CT molecular complexity index is 653. The van der Waals surface area contributed by atoms with E-state index in [0.717, 1.165) is 4.88 Å². The highest BCUT2D eigenvalue weighted by Crippen LogP contribution is 2.18. The van der Waals surface area contributed by atoms with Crippen molar-refractivity contribution in [2.45, 2.75) is 6.42 Å². The topological polar surface area (TPSA) is 49.3 Å². The number of carbonyl (C=O) groups excluding carboxylic acids is 1. The van der Waals surface area contributed by atoms with Gasteiger partial charge in [-0.1, -0.05) is 23.4 Å². The Kier molecular flexibility index (Phi) is 5.19. The number of hydrogen-bond donors (Lipinski definition) is 2. The highest BCUT2D eigenvalue weighted by Gasteiger charge is 2.08. The summed E-state index contributed by atoms with van der Waals surface area (Å²) < 4.78 is 0. The van der Waals surface area contributed by atoms with Crippen LogP contribution in [0.3, 0.4) is 0 Å². The predicted octanol–water partition coefficient (Wildman–Crippen LogP) is 3.39. The van der Waals surface area contributed by atoms with E-state index in [1.54, 1.807) is 36.4 Å². The average Bonchev–Trinajstić information content (AvgIpc) is 2.91. The number of hydrogen-bond acceptors (Lipinski definition) is 3. The minimum atomic E-state index is -0.174. The average molecular weight is 306 g/mol. The lowest BCUT2D eigenvalue weighted by Gasteiger charge is -2.02. The van der Waals surface area contributed by atoms with Crippen molar-refractivity contribution >= 4 is 34.5 Å². The smallest absolute Gasteiger partial charge is 0.265 e. The van der Waals surface area contributed by atoms with Crippen molar-refractivity contribution in [1.29, 1.82) is 0 Å². The number of carbonyl (C=O) groups is 1. The summed E-state index contributed by atoms with van der Waals surface area (Å²) in [7, 11) is 0. The summed E-state index contributed by atoms with van der Waals surface area (Å²) in [5.41, 5.74) is 0.695. The molecular weight excluding hydrogens is 294 g/mol. The third-order valence-electron chi connectivity index (χ3n) is 2.38. The molecule has 1 aromatic carbocycles. The maximum atomic E-state index is 12.0. The number of rotatable bonds is 3. The molecule has 0 fully saturated rings. The molecule has 0 aliphatic heterocycles. The van der Waals surface area contributed by atoms with Crippen molar-refractivity contribution in [3.05, 3.63) is 51.2 Å². The first kappa shape index (κ1) is 14.6. The Morgan fingerprint density at radius 1 is 1.25 bits per heavy atom. The summed E-state index contributed by atoms with van der Waals surface area (Å²) in [4.78, 5) is 13.4. The van der Waals surface area contributed by atoms with E-state index in [0.29, 0.717) is 22.0 Å². The van der Waals surface area contributed by atoms with E-state index in [1.165, 1.54) is 11.3 Å². The van der Waals surface area contributed by atoms with Gasteiger partial charge in [-0.05, 0) is 36.4 Å². The minimum Gasteiger partial charge on any atom is -0.395 e. The van der Waals surface area contributed by atoms with E-state index >= 15 is 0 Å². The number of benzene rings is 1. The summed E-state index contributed by atoms with van der Waals surface area (Å²) >= 11 is 7.11. The molecule has 0 bridgehead atoms. The highest BCUT2D eigenvalue weighted by atomic mass is 35.5. The molecule has 0 spiro atoms. The van der Waals surface area contributed by atoms with E-state index in [4.69, 9.17) is 16.7 Å². The van der Waals surface area contributed by atoms with Crippen molar-refractivity contribution < 1.29 is 9.90 Å². The highest BCUT2D eigenvalue weighted by molar-refractivity contribution is 7.14. The number of thiophene rings is 1. The normalized spacial score (nSPS) is 9.70. The van der Waals surface area contributed by atoms with Crippen molar-refractivity contribution in [3.8, 4) is 11.8 Å². The van der Waals surface area contributed by atoms with Gasteiger partial charge in [0.25, 0.3) is 5.91 Å². The molecule has 0 unspecified atom stereocenters. The van der Waals surface area contributed by atoms with Crippen LogP contribution in [-0.2, 0) is 0 Å². The molecule has 2 aromatic rings. The molecule has 0 aliphatic rings. The van der Waals surface area contributed by atoms with Gasteiger partial charge in [0.1, 0.15) is 0 Å². The van der Waals surface area contributed by atoms with Gasteiger partial charge in [-0.15, -0.1) is 11.3 Å². The fraction of sp³-hybridized carbons (Fsp3) is 0.133. The van der Waals surface area contributed by atoms with Gasteiger partial charge in [-0.25, -0.2) is 0 Å². The molecule has 102 valence electrons. The number of halogens is 1. The van der Waals surface area contributed by atoms with E-state index < -0.39 is 0 Å². The summed E-state index contributed by atoms with van der Waals surface area (Å²) in [6, 6.07) is 10.5. The number of aliphatic hydroxyl groups is 1. The summed E-state index contributed by atoms with van der Waals surface area (Å²) in [6.07, 6.45) is 0.435. The lowest BCUT2D eigenvalue weighted by atomic mass is 10.3. The summed E-state index contributed by atoms with van der Waals surface area (Å²) in [5.74, 6) is 5.55. The Hall–Kier alpha value is -1.80. The third-order valence-corrected chi connectivity index (χ3v) is 3.63. The first-order chi connectivity index (χ1) is 9.69. The standard InChI is InChI=1S/C15H12ClNO2S/c16-11-4-6-12(7-5-11)17-15(19)14-9-8-13(20-14)3-1-2-10-18/h4-9,18H,2,10H2,(H,17,19). The van der Waals surface area contributed by atoms with E-state index in [-0.39, 0.29) is 12.5 Å². The fourth-order valence-corrected chi connectivity index (χ4v) is 2.36. The monoisotopic (exact) mass is 305 g/mol. The Labute approximate surface area is 126 Å². The van der Waals surface area contributed by atoms with Crippen LogP contribution in [-0.4, -0.2) is 17.6 Å². The van der Waals surface area contributed by atoms with Gasteiger partial charge in [-0.2, -0.15) is 0 Å². The lowest BCUT2D eigenvalue weighted by molar-refractivity contribution is 0.103. The van der Waals surface area contributed by atoms with Crippen LogP contribution in [0.2, 0.25) is 5.02 Å². The molecule has 3 nitrogen and oxygen atoms in total. The van der Waals surface area contributed by atoms with Gasteiger partial charge in [0.15, 0.2) is 0 Å². The fourth-order valence-electron chi connectivity index (χ4n) is 1.46. The second kappa shape index (κ2) is 7.11. The van der Waals surface area contributed by atoms with Crippen LogP contribution in [0.15, 0.2) is 36.4 Å². The van der Waals surface area contributed by atoms with Crippen LogP contribution in [0.4, 0.5) is 5.69 Å². The quantitative estimate of drug-likeness (QED) is 0.854. The van der Waals surface area contributed by atoms with Crippen LogP contribution in [0.5, 0.6) is 0 Å². The third kappa shape index (κ3) is 4.10. The molecule has 20 heavy (non-hydrogen) atoms. The van der Waals surface area contributed by atoms with Gasteiger partial charge in [-0.3, -0.25) is 4.79 Å². The van der Waals surface area contributed by atoms with Crippen molar-refractivity contribution in [2.24, 2.45) is 0 Å². The zero-order valence-corrected chi connectivity index (χ0v) is 12.1. The predicted molar refractivity (Wildman–Crippen MR) is 82.3 cm³/mol. The van der Waals surface area contributed by atoms with Crippen LogP contribution in [0.1, 0.15) is 21.0 Å². The molecule has 0 atom stereocenters. The number of amides is 1. The molecular formula is C15H12ClNO2S.